The predicted molar refractivity (Wildman–Crippen MR) is 150 cm³/mol. The maximum atomic E-state index is 11.0. The zero-order valence-electron chi connectivity index (χ0n) is 19.4. The Balaban J connectivity index is 0.000000198. The van der Waals surface area contributed by atoms with Crippen LogP contribution in [0.15, 0.2) is 30.3 Å². The molecule has 4 rings (SSSR count). The van der Waals surface area contributed by atoms with Crippen molar-refractivity contribution in [3.63, 3.8) is 0 Å². The van der Waals surface area contributed by atoms with E-state index in [1.165, 1.54) is 13.2 Å². The van der Waals surface area contributed by atoms with Crippen molar-refractivity contribution in [2.75, 3.05) is 14.2 Å². The smallest absolute Gasteiger partial charge is 0.311 e. The molecular weight excluding hydrogens is 676 g/mol. The van der Waals surface area contributed by atoms with Gasteiger partial charge in [0.25, 0.3) is 0 Å². The molecule has 0 unspecified atom stereocenters. The van der Waals surface area contributed by atoms with Crippen molar-refractivity contribution >= 4 is 72.7 Å². The lowest BCUT2D eigenvalue weighted by Crippen LogP contribution is -1.98. The maximum Gasteiger partial charge on any atom is 0.311 e. The number of ether oxygens (including phenoxy) is 2. The summed E-state index contributed by atoms with van der Waals surface area (Å²) in [5.41, 5.74) is 2.91. The van der Waals surface area contributed by atoms with E-state index in [0.717, 1.165) is 41.7 Å². The number of benzene rings is 2. The van der Waals surface area contributed by atoms with E-state index in [1.54, 1.807) is 13.2 Å². The van der Waals surface area contributed by atoms with E-state index < -0.39 is 4.92 Å². The van der Waals surface area contributed by atoms with Gasteiger partial charge in [0.2, 0.25) is 0 Å². The summed E-state index contributed by atoms with van der Waals surface area (Å²) in [5.74, 6) is 1.02. The van der Waals surface area contributed by atoms with Gasteiger partial charge >= 0.3 is 5.69 Å². The Morgan fingerprint density at radius 1 is 0.914 bits per heavy atom. The fourth-order valence-electron chi connectivity index (χ4n) is 3.90. The van der Waals surface area contributed by atoms with E-state index in [1.807, 2.05) is 29.7 Å². The molecule has 0 N–H and O–H groups in total. The number of halogens is 2. The minimum Gasteiger partial charge on any atom is -0.497 e. The standard InChI is InChI=1S/C12H10IN3O3.C12H11IN2O/c1-3-15-9-5-11(19-2)10(16(17)18)4-7(9)8(6-14)12(15)13;1-3-15-11-6-8(16-2)4-5-9(11)10(7-14)12(15)13/h4-5H,3H2,1-2H3;4-6H,3H2,1-2H3. The number of hydrogen-bond acceptors (Lipinski definition) is 6. The van der Waals surface area contributed by atoms with Crippen LogP contribution in [-0.2, 0) is 13.1 Å². The summed E-state index contributed by atoms with van der Waals surface area (Å²) in [7, 11) is 3.04. The molecule has 2 heterocycles. The largest absolute Gasteiger partial charge is 0.497 e. The van der Waals surface area contributed by atoms with Crippen molar-refractivity contribution in [1.29, 1.82) is 10.5 Å². The van der Waals surface area contributed by atoms with E-state index in [0.29, 0.717) is 17.5 Å². The number of rotatable bonds is 5. The Morgan fingerprint density at radius 2 is 1.46 bits per heavy atom. The van der Waals surface area contributed by atoms with Crippen molar-refractivity contribution in [3.8, 4) is 23.6 Å². The van der Waals surface area contributed by atoms with E-state index in [-0.39, 0.29) is 11.4 Å². The van der Waals surface area contributed by atoms with Crippen LogP contribution in [0.25, 0.3) is 21.8 Å². The van der Waals surface area contributed by atoms with Crippen LogP contribution < -0.4 is 9.47 Å². The van der Waals surface area contributed by atoms with E-state index in [2.05, 4.69) is 68.8 Å². The zero-order chi connectivity index (χ0) is 25.9. The third-order valence-corrected chi connectivity index (χ3v) is 7.81. The first-order chi connectivity index (χ1) is 16.8. The predicted octanol–water partition coefficient (Wildman–Crippen LogP) is 6.20. The molecule has 0 aliphatic heterocycles. The Kier molecular flexibility index (Phi) is 8.45. The summed E-state index contributed by atoms with van der Waals surface area (Å²) in [4.78, 5) is 10.5. The first kappa shape index (κ1) is 26.6. The molecular formula is C24H21I2N5O4. The lowest BCUT2D eigenvalue weighted by Gasteiger charge is -2.05. The second-order valence-corrected chi connectivity index (χ2v) is 9.27. The van der Waals surface area contributed by atoms with Crippen molar-refractivity contribution < 1.29 is 14.4 Å². The third-order valence-electron chi connectivity index (χ3n) is 5.56. The van der Waals surface area contributed by atoms with E-state index in [9.17, 15) is 15.4 Å². The van der Waals surface area contributed by atoms with Gasteiger partial charge in [-0.3, -0.25) is 10.1 Å². The van der Waals surface area contributed by atoms with Crippen LogP contribution >= 0.6 is 45.2 Å². The average Bonchev–Trinajstić information content (AvgIpc) is 3.30. The number of nitrogens with zero attached hydrogens (tertiary/aromatic N) is 5. The quantitative estimate of drug-likeness (QED) is 0.139. The molecule has 9 nitrogen and oxygen atoms in total. The fourth-order valence-corrected chi connectivity index (χ4v) is 5.92. The summed E-state index contributed by atoms with van der Waals surface area (Å²) in [5, 5.41) is 31.0. The van der Waals surface area contributed by atoms with Crippen LogP contribution in [0.1, 0.15) is 25.0 Å². The highest BCUT2D eigenvalue weighted by Crippen LogP contribution is 2.36. The van der Waals surface area contributed by atoms with Gasteiger partial charge in [0, 0.05) is 42.1 Å². The molecule has 0 aliphatic carbocycles. The van der Waals surface area contributed by atoms with Gasteiger partial charge in [-0.2, -0.15) is 10.5 Å². The highest BCUT2D eigenvalue weighted by molar-refractivity contribution is 14.1. The van der Waals surface area contributed by atoms with Gasteiger partial charge in [0.15, 0.2) is 5.75 Å². The lowest BCUT2D eigenvalue weighted by atomic mass is 10.1. The van der Waals surface area contributed by atoms with E-state index in [4.69, 9.17) is 14.7 Å². The Bertz CT molecular complexity index is 1530. The van der Waals surface area contributed by atoms with Crippen molar-refractivity contribution in [2.24, 2.45) is 0 Å². The zero-order valence-corrected chi connectivity index (χ0v) is 23.7. The van der Waals surface area contributed by atoms with Crippen molar-refractivity contribution in [1.82, 2.24) is 9.13 Å². The van der Waals surface area contributed by atoms with Crippen LogP contribution in [-0.4, -0.2) is 28.3 Å². The van der Waals surface area contributed by atoms with Gasteiger partial charge in [-0.1, -0.05) is 0 Å². The summed E-state index contributed by atoms with van der Waals surface area (Å²) >= 11 is 4.29. The molecule has 0 atom stereocenters. The van der Waals surface area contributed by atoms with Gasteiger partial charge in [-0.05, 0) is 71.2 Å². The number of aryl methyl sites for hydroxylation is 2. The number of fused-ring (bicyclic) bond motifs is 2. The number of methoxy groups -OCH3 is 2. The minimum absolute atomic E-state index is 0.129. The van der Waals surface area contributed by atoms with Crippen LogP contribution in [0.2, 0.25) is 0 Å². The van der Waals surface area contributed by atoms with Crippen LogP contribution in [0, 0.1) is 40.2 Å². The highest BCUT2D eigenvalue weighted by Gasteiger charge is 2.22. The van der Waals surface area contributed by atoms with Gasteiger partial charge in [0.05, 0.1) is 48.7 Å². The van der Waals surface area contributed by atoms with Crippen molar-refractivity contribution in [3.05, 3.63) is 59.0 Å². The molecule has 0 fully saturated rings. The molecule has 11 heteroatoms. The Labute approximate surface area is 229 Å². The summed E-state index contributed by atoms with van der Waals surface area (Å²) in [6, 6.07) is 13.2. The lowest BCUT2D eigenvalue weighted by molar-refractivity contribution is -0.385. The molecule has 180 valence electrons. The minimum atomic E-state index is -0.504. The monoisotopic (exact) mass is 697 g/mol. The van der Waals surface area contributed by atoms with Gasteiger partial charge < -0.3 is 18.6 Å². The molecule has 0 spiro atoms. The molecule has 0 aliphatic rings. The third kappa shape index (κ3) is 4.75. The molecule has 0 radical (unpaired) electrons. The number of nitriles is 2. The number of hydrogen-bond donors (Lipinski definition) is 0. The summed E-state index contributed by atoms with van der Waals surface area (Å²) < 4.78 is 16.1. The fraction of sp³-hybridized carbons (Fsp3) is 0.250. The van der Waals surface area contributed by atoms with Gasteiger partial charge in [0.1, 0.15) is 17.9 Å². The number of nitro groups is 1. The second-order valence-electron chi connectivity index (χ2n) is 7.23. The number of aromatic nitrogens is 2. The van der Waals surface area contributed by atoms with Gasteiger partial charge in [-0.15, -0.1) is 0 Å². The first-order valence-electron chi connectivity index (χ1n) is 10.5. The highest BCUT2D eigenvalue weighted by atomic mass is 127. The average molecular weight is 697 g/mol. The first-order valence-corrected chi connectivity index (χ1v) is 12.6. The second kappa shape index (κ2) is 11.1. The normalized spacial score (nSPS) is 10.4. The van der Waals surface area contributed by atoms with Crippen LogP contribution in [0.3, 0.4) is 0 Å². The molecule has 0 amide bonds. The van der Waals surface area contributed by atoms with Crippen LogP contribution in [0.4, 0.5) is 5.69 Å². The molecule has 35 heavy (non-hydrogen) atoms. The summed E-state index contributed by atoms with van der Waals surface area (Å²) in [6.07, 6.45) is 0. The molecule has 0 saturated heterocycles. The van der Waals surface area contributed by atoms with Crippen LogP contribution in [0.5, 0.6) is 11.5 Å². The molecule has 0 saturated carbocycles. The Morgan fingerprint density at radius 3 is 1.91 bits per heavy atom. The molecule has 0 bridgehead atoms. The molecule has 2 aromatic heterocycles. The molecule has 4 aromatic rings. The van der Waals surface area contributed by atoms with Crippen molar-refractivity contribution in [2.45, 2.75) is 26.9 Å². The number of nitro benzene ring substituents is 1. The van der Waals surface area contributed by atoms with E-state index >= 15 is 0 Å². The topological polar surface area (TPSA) is 119 Å². The maximum absolute atomic E-state index is 11.0. The molecule has 2 aromatic carbocycles. The summed E-state index contributed by atoms with van der Waals surface area (Å²) in [6.45, 7) is 5.56. The Hall–Kier alpha value is -3.04. The van der Waals surface area contributed by atoms with Gasteiger partial charge in [-0.25, -0.2) is 0 Å². The SMILES string of the molecule is CCn1c(I)c(C#N)c2cc([N+](=O)[O-])c(OC)cc21.CCn1c(I)c(C#N)c2ccc(OC)cc21.